The standard InChI is InChI=1S/C13H28O5/c1-4-15-5-6-16-7-8-17-9-10-18-13(14)11-12(2)3/h12-14H,4-11H2,1-3H3. The van der Waals surface area contributed by atoms with E-state index in [1.165, 1.54) is 0 Å². The topological polar surface area (TPSA) is 57.2 Å². The maximum Gasteiger partial charge on any atom is 0.154 e. The Morgan fingerprint density at radius 1 is 0.833 bits per heavy atom. The smallest absolute Gasteiger partial charge is 0.154 e. The highest BCUT2D eigenvalue weighted by Gasteiger charge is 2.06. The van der Waals surface area contributed by atoms with Crippen LogP contribution >= 0.6 is 0 Å². The number of aliphatic hydroxyl groups excluding tert-OH is 1. The number of hydrogen-bond donors (Lipinski definition) is 1. The summed E-state index contributed by atoms with van der Waals surface area (Å²) in [5.74, 6) is 0.430. The molecule has 1 N–H and O–H groups in total. The molecular weight excluding hydrogens is 236 g/mol. The van der Waals surface area contributed by atoms with Gasteiger partial charge in [-0.2, -0.15) is 0 Å². The Balaban J connectivity index is 3.07. The summed E-state index contributed by atoms with van der Waals surface area (Å²) in [6, 6.07) is 0. The SMILES string of the molecule is CCOCCOCCOCCOC(O)CC(C)C. The third-order valence-corrected chi connectivity index (χ3v) is 2.16. The third-order valence-electron chi connectivity index (χ3n) is 2.16. The summed E-state index contributed by atoms with van der Waals surface area (Å²) >= 11 is 0. The second kappa shape index (κ2) is 13.2. The second-order valence-electron chi connectivity index (χ2n) is 4.38. The first-order valence-electron chi connectivity index (χ1n) is 6.69. The van der Waals surface area contributed by atoms with Gasteiger partial charge in [0.2, 0.25) is 0 Å². The number of hydrogen-bond acceptors (Lipinski definition) is 5. The summed E-state index contributed by atoms with van der Waals surface area (Å²) in [6.07, 6.45) is -0.0309. The first kappa shape index (κ1) is 17.8. The maximum atomic E-state index is 9.43. The molecule has 0 amide bonds. The van der Waals surface area contributed by atoms with E-state index in [2.05, 4.69) is 0 Å². The van der Waals surface area contributed by atoms with Crippen LogP contribution in [0.2, 0.25) is 0 Å². The molecule has 0 fully saturated rings. The number of aliphatic hydroxyl groups is 1. The monoisotopic (exact) mass is 264 g/mol. The van der Waals surface area contributed by atoms with Crippen LogP contribution in [0.25, 0.3) is 0 Å². The van der Waals surface area contributed by atoms with Crippen molar-refractivity contribution in [3.63, 3.8) is 0 Å². The average Bonchev–Trinajstić information content (AvgIpc) is 2.30. The molecule has 5 nitrogen and oxygen atoms in total. The zero-order valence-electron chi connectivity index (χ0n) is 11.9. The summed E-state index contributed by atoms with van der Waals surface area (Å²) in [6.45, 7) is 9.97. The van der Waals surface area contributed by atoms with Gasteiger partial charge in [0.05, 0.1) is 39.6 Å². The normalized spacial score (nSPS) is 13.2. The zero-order chi connectivity index (χ0) is 13.6. The molecule has 110 valence electrons. The van der Waals surface area contributed by atoms with Crippen molar-refractivity contribution in [2.24, 2.45) is 5.92 Å². The van der Waals surface area contributed by atoms with Gasteiger partial charge < -0.3 is 24.1 Å². The second-order valence-corrected chi connectivity index (χ2v) is 4.38. The van der Waals surface area contributed by atoms with E-state index in [-0.39, 0.29) is 0 Å². The molecule has 0 saturated carbocycles. The molecule has 0 saturated heterocycles. The van der Waals surface area contributed by atoms with E-state index >= 15 is 0 Å². The molecule has 1 atom stereocenters. The van der Waals surface area contributed by atoms with Crippen molar-refractivity contribution in [3.05, 3.63) is 0 Å². The molecule has 0 spiro atoms. The first-order valence-corrected chi connectivity index (χ1v) is 6.69. The van der Waals surface area contributed by atoms with E-state index in [0.29, 0.717) is 52.0 Å². The van der Waals surface area contributed by atoms with Gasteiger partial charge in [-0.3, -0.25) is 0 Å². The van der Waals surface area contributed by atoms with Crippen molar-refractivity contribution in [2.75, 3.05) is 46.2 Å². The van der Waals surface area contributed by atoms with Gasteiger partial charge >= 0.3 is 0 Å². The largest absolute Gasteiger partial charge is 0.379 e. The van der Waals surface area contributed by atoms with Crippen LogP contribution in [-0.2, 0) is 18.9 Å². The highest BCUT2D eigenvalue weighted by Crippen LogP contribution is 2.04. The van der Waals surface area contributed by atoms with Crippen LogP contribution < -0.4 is 0 Å². The summed E-state index contributed by atoms with van der Waals surface area (Å²) in [4.78, 5) is 0. The Morgan fingerprint density at radius 2 is 1.33 bits per heavy atom. The van der Waals surface area contributed by atoms with E-state index in [9.17, 15) is 5.11 Å². The summed E-state index contributed by atoms with van der Waals surface area (Å²) in [7, 11) is 0. The average molecular weight is 264 g/mol. The maximum absolute atomic E-state index is 9.43. The molecule has 0 heterocycles. The molecule has 0 aromatic carbocycles. The molecule has 0 aliphatic carbocycles. The van der Waals surface area contributed by atoms with E-state index in [1.54, 1.807) is 0 Å². The van der Waals surface area contributed by atoms with Crippen LogP contribution in [0.15, 0.2) is 0 Å². The summed E-state index contributed by atoms with van der Waals surface area (Å²) in [5, 5.41) is 9.43. The molecule has 0 rings (SSSR count). The van der Waals surface area contributed by atoms with Crippen molar-refractivity contribution in [1.29, 1.82) is 0 Å². The molecule has 0 bridgehead atoms. The molecule has 5 heteroatoms. The van der Waals surface area contributed by atoms with Crippen molar-refractivity contribution >= 4 is 0 Å². The van der Waals surface area contributed by atoms with Gasteiger partial charge in [-0.1, -0.05) is 13.8 Å². The third kappa shape index (κ3) is 13.9. The van der Waals surface area contributed by atoms with Crippen molar-refractivity contribution in [1.82, 2.24) is 0 Å². The van der Waals surface area contributed by atoms with Crippen molar-refractivity contribution < 1.29 is 24.1 Å². The van der Waals surface area contributed by atoms with Crippen LogP contribution in [0.4, 0.5) is 0 Å². The van der Waals surface area contributed by atoms with Gasteiger partial charge in [0.25, 0.3) is 0 Å². The Hall–Kier alpha value is -0.200. The molecule has 0 aromatic heterocycles. The van der Waals surface area contributed by atoms with E-state index in [1.807, 2.05) is 20.8 Å². The Bertz CT molecular complexity index is 163. The van der Waals surface area contributed by atoms with Crippen LogP contribution in [0, 0.1) is 5.92 Å². The lowest BCUT2D eigenvalue weighted by Crippen LogP contribution is -2.18. The summed E-state index contributed by atoms with van der Waals surface area (Å²) < 4.78 is 20.9. The minimum atomic E-state index is -0.684. The highest BCUT2D eigenvalue weighted by molar-refractivity contribution is 4.47. The van der Waals surface area contributed by atoms with Gasteiger partial charge in [0.1, 0.15) is 0 Å². The van der Waals surface area contributed by atoms with E-state index in [4.69, 9.17) is 18.9 Å². The molecule has 0 aromatic rings. The van der Waals surface area contributed by atoms with Gasteiger partial charge in [-0.25, -0.2) is 0 Å². The van der Waals surface area contributed by atoms with Crippen LogP contribution in [0.3, 0.4) is 0 Å². The van der Waals surface area contributed by atoms with Crippen LogP contribution in [0.1, 0.15) is 27.2 Å². The van der Waals surface area contributed by atoms with E-state index in [0.717, 1.165) is 6.61 Å². The van der Waals surface area contributed by atoms with E-state index < -0.39 is 6.29 Å². The fourth-order valence-electron chi connectivity index (χ4n) is 1.30. The molecule has 0 aliphatic rings. The fraction of sp³-hybridized carbons (Fsp3) is 1.00. The Morgan fingerprint density at radius 3 is 1.83 bits per heavy atom. The first-order chi connectivity index (χ1) is 8.66. The Kier molecular flexibility index (Phi) is 13.1. The molecule has 18 heavy (non-hydrogen) atoms. The summed E-state index contributed by atoms with van der Waals surface area (Å²) in [5.41, 5.74) is 0. The van der Waals surface area contributed by atoms with Gasteiger partial charge in [0, 0.05) is 13.0 Å². The van der Waals surface area contributed by atoms with Crippen LogP contribution in [0.5, 0.6) is 0 Å². The lowest BCUT2D eigenvalue weighted by molar-refractivity contribution is -0.122. The minimum absolute atomic E-state index is 0.410. The quantitative estimate of drug-likeness (QED) is 0.403. The van der Waals surface area contributed by atoms with Crippen LogP contribution in [-0.4, -0.2) is 57.6 Å². The highest BCUT2D eigenvalue weighted by atomic mass is 16.6. The number of ether oxygens (including phenoxy) is 4. The van der Waals surface area contributed by atoms with Gasteiger partial charge in [-0.15, -0.1) is 0 Å². The predicted octanol–water partition coefficient (Wildman–Crippen LogP) is 1.44. The molecule has 0 radical (unpaired) electrons. The van der Waals surface area contributed by atoms with Crippen molar-refractivity contribution in [3.8, 4) is 0 Å². The Labute approximate surface area is 110 Å². The van der Waals surface area contributed by atoms with Crippen molar-refractivity contribution in [2.45, 2.75) is 33.5 Å². The molecular formula is C13H28O5. The zero-order valence-corrected chi connectivity index (χ0v) is 11.9. The number of rotatable bonds is 13. The molecule has 1 unspecified atom stereocenters. The lowest BCUT2D eigenvalue weighted by atomic mass is 10.1. The van der Waals surface area contributed by atoms with Gasteiger partial charge in [-0.05, 0) is 12.8 Å². The predicted molar refractivity (Wildman–Crippen MR) is 69.5 cm³/mol. The minimum Gasteiger partial charge on any atom is -0.379 e. The lowest BCUT2D eigenvalue weighted by Gasteiger charge is -2.14. The van der Waals surface area contributed by atoms with Gasteiger partial charge in [0.15, 0.2) is 6.29 Å². The fourth-order valence-corrected chi connectivity index (χ4v) is 1.30. The molecule has 0 aliphatic heterocycles.